The Hall–Kier alpha value is -1.74. The first-order valence-corrected chi connectivity index (χ1v) is 7.34. The Morgan fingerprint density at radius 1 is 1.05 bits per heavy atom. The summed E-state index contributed by atoms with van der Waals surface area (Å²) in [6.07, 6.45) is 0.656. The molecule has 0 aliphatic carbocycles. The average molecular weight is 270 g/mol. The van der Waals surface area contributed by atoms with E-state index in [9.17, 15) is 4.79 Å². The van der Waals surface area contributed by atoms with E-state index in [2.05, 4.69) is 0 Å². The van der Waals surface area contributed by atoms with E-state index in [4.69, 9.17) is 4.74 Å². The fourth-order valence-corrected chi connectivity index (χ4v) is 2.37. The van der Waals surface area contributed by atoms with Crippen LogP contribution in [0, 0.1) is 0 Å². The lowest BCUT2D eigenvalue weighted by atomic mass is 10.1. The molecule has 1 atom stereocenters. The second kappa shape index (κ2) is 5.49. The number of carbonyl (C=O) groups is 1. The van der Waals surface area contributed by atoms with Crippen LogP contribution in [0.5, 0.6) is 11.5 Å². The van der Waals surface area contributed by atoms with E-state index in [1.165, 1.54) is 0 Å². The van der Waals surface area contributed by atoms with E-state index in [1.807, 2.05) is 66.4 Å². The van der Waals surface area contributed by atoms with Crippen LogP contribution in [-0.4, -0.2) is 16.8 Å². The first kappa shape index (κ1) is 12.3. The summed E-state index contributed by atoms with van der Waals surface area (Å²) >= 11 is 1.85. The van der Waals surface area contributed by atoms with Gasteiger partial charge in [0.2, 0.25) is 0 Å². The summed E-state index contributed by atoms with van der Waals surface area (Å²) in [6, 6.07) is 17.0. The quantitative estimate of drug-likeness (QED) is 0.602. The molecule has 0 spiro atoms. The van der Waals surface area contributed by atoms with Gasteiger partial charge in [-0.2, -0.15) is 11.8 Å². The molecule has 1 aliphatic rings. The number of para-hydroxylation sites is 1. The first-order chi connectivity index (χ1) is 9.31. The molecule has 19 heavy (non-hydrogen) atoms. The summed E-state index contributed by atoms with van der Waals surface area (Å²) in [7, 11) is 0. The number of Topliss-reactive ketones (excluding diaryl/α,β-unsaturated/α-hetero) is 1. The van der Waals surface area contributed by atoms with Crippen molar-refractivity contribution >= 4 is 17.5 Å². The number of hydrogen-bond donors (Lipinski definition) is 0. The molecule has 96 valence electrons. The molecule has 2 aromatic carbocycles. The van der Waals surface area contributed by atoms with Crippen molar-refractivity contribution in [3.63, 3.8) is 0 Å². The number of benzene rings is 2. The number of ketones is 1. The lowest BCUT2D eigenvalue weighted by molar-refractivity contribution is 0.0985. The Morgan fingerprint density at radius 3 is 2.32 bits per heavy atom. The van der Waals surface area contributed by atoms with Gasteiger partial charge in [-0.1, -0.05) is 18.2 Å². The molecule has 0 aromatic heterocycles. The SMILES string of the molecule is O=C(CC1CS1)c1ccc(Oc2ccccc2)cc1. The minimum Gasteiger partial charge on any atom is -0.457 e. The van der Waals surface area contributed by atoms with Gasteiger partial charge in [-0.3, -0.25) is 4.79 Å². The van der Waals surface area contributed by atoms with Crippen LogP contribution in [0.2, 0.25) is 0 Å². The fourth-order valence-electron chi connectivity index (χ4n) is 1.84. The topological polar surface area (TPSA) is 26.3 Å². The highest BCUT2D eigenvalue weighted by molar-refractivity contribution is 8.06. The summed E-state index contributed by atoms with van der Waals surface area (Å²) in [5.41, 5.74) is 0.771. The Kier molecular flexibility index (Phi) is 3.56. The van der Waals surface area contributed by atoms with Crippen LogP contribution in [0.3, 0.4) is 0 Å². The Labute approximate surface area is 116 Å². The maximum Gasteiger partial charge on any atom is 0.164 e. The molecule has 2 nitrogen and oxygen atoms in total. The third-order valence-corrected chi connectivity index (χ3v) is 3.94. The average Bonchev–Trinajstić information content (AvgIpc) is 3.25. The molecule has 3 rings (SSSR count). The molecule has 1 unspecified atom stereocenters. The predicted octanol–water partition coefficient (Wildman–Crippen LogP) is 4.17. The number of ether oxygens (including phenoxy) is 1. The van der Waals surface area contributed by atoms with Gasteiger partial charge >= 0.3 is 0 Å². The zero-order chi connectivity index (χ0) is 13.1. The van der Waals surface area contributed by atoms with Gasteiger partial charge in [-0.25, -0.2) is 0 Å². The van der Waals surface area contributed by atoms with Gasteiger partial charge in [0.15, 0.2) is 5.78 Å². The van der Waals surface area contributed by atoms with E-state index in [1.54, 1.807) is 0 Å². The zero-order valence-electron chi connectivity index (χ0n) is 10.4. The number of hydrogen-bond acceptors (Lipinski definition) is 3. The van der Waals surface area contributed by atoms with Gasteiger partial charge in [0.1, 0.15) is 11.5 Å². The Balaban J connectivity index is 1.66. The molecule has 2 aromatic rings. The molecular weight excluding hydrogens is 256 g/mol. The Morgan fingerprint density at radius 2 is 1.68 bits per heavy atom. The van der Waals surface area contributed by atoms with Gasteiger partial charge in [-0.15, -0.1) is 0 Å². The number of carbonyl (C=O) groups excluding carboxylic acids is 1. The van der Waals surface area contributed by atoms with Gasteiger partial charge in [0.05, 0.1) is 0 Å². The van der Waals surface area contributed by atoms with Crippen molar-refractivity contribution in [2.75, 3.05) is 5.75 Å². The molecule has 1 saturated heterocycles. The minimum atomic E-state index is 0.223. The third kappa shape index (κ3) is 3.38. The molecule has 3 heteroatoms. The van der Waals surface area contributed by atoms with Crippen molar-refractivity contribution < 1.29 is 9.53 Å². The molecule has 0 bridgehead atoms. The van der Waals surface area contributed by atoms with Crippen molar-refractivity contribution in [2.24, 2.45) is 0 Å². The molecular formula is C16H14O2S. The molecule has 0 N–H and O–H groups in total. The Bertz CT molecular complexity index is 559. The molecule has 0 saturated carbocycles. The van der Waals surface area contributed by atoms with Crippen LogP contribution in [0.1, 0.15) is 16.8 Å². The van der Waals surface area contributed by atoms with Gasteiger partial charge in [0.25, 0.3) is 0 Å². The predicted molar refractivity (Wildman–Crippen MR) is 78.2 cm³/mol. The molecule has 0 radical (unpaired) electrons. The molecule has 1 aliphatic heterocycles. The third-order valence-electron chi connectivity index (χ3n) is 2.97. The minimum absolute atomic E-state index is 0.223. The second-order valence-corrected chi connectivity index (χ2v) is 5.86. The monoisotopic (exact) mass is 270 g/mol. The molecule has 0 amide bonds. The highest BCUT2D eigenvalue weighted by atomic mass is 32.2. The van der Waals surface area contributed by atoms with Crippen molar-refractivity contribution in [3.05, 3.63) is 60.2 Å². The van der Waals surface area contributed by atoms with E-state index < -0.39 is 0 Å². The van der Waals surface area contributed by atoms with Crippen molar-refractivity contribution in [3.8, 4) is 11.5 Å². The maximum atomic E-state index is 11.9. The largest absolute Gasteiger partial charge is 0.457 e. The van der Waals surface area contributed by atoms with Crippen LogP contribution >= 0.6 is 11.8 Å². The van der Waals surface area contributed by atoms with Crippen molar-refractivity contribution in [2.45, 2.75) is 11.7 Å². The van der Waals surface area contributed by atoms with Crippen LogP contribution < -0.4 is 4.74 Å². The zero-order valence-corrected chi connectivity index (χ0v) is 11.2. The van der Waals surface area contributed by atoms with Crippen molar-refractivity contribution in [1.29, 1.82) is 0 Å². The highest BCUT2D eigenvalue weighted by Crippen LogP contribution is 2.34. The summed E-state index contributed by atoms with van der Waals surface area (Å²) in [6.45, 7) is 0. The summed E-state index contributed by atoms with van der Waals surface area (Å²) in [5, 5.41) is 0.549. The fraction of sp³-hybridized carbons (Fsp3) is 0.188. The van der Waals surface area contributed by atoms with E-state index >= 15 is 0 Å². The van der Waals surface area contributed by atoms with Gasteiger partial charge < -0.3 is 4.74 Å². The molecule has 1 fully saturated rings. The first-order valence-electron chi connectivity index (χ1n) is 6.29. The normalized spacial score (nSPS) is 16.9. The summed E-state index contributed by atoms with van der Waals surface area (Å²) < 4.78 is 5.69. The number of rotatable bonds is 5. The lowest BCUT2D eigenvalue weighted by Crippen LogP contribution is -2.02. The second-order valence-electron chi connectivity index (χ2n) is 4.52. The highest BCUT2D eigenvalue weighted by Gasteiger charge is 2.25. The van der Waals surface area contributed by atoms with E-state index in [-0.39, 0.29) is 5.78 Å². The smallest absolute Gasteiger partial charge is 0.164 e. The van der Waals surface area contributed by atoms with Crippen LogP contribution in [0.4, 0.5) is 0 Å². The van der Waals surface area contributed by atoms with Crippen LogP contribution in [0.15, 0.2) is 54.6 Å². The van der Waals surface area contributed by atoms with Crippen LogP contribution in [-0.2, 0) is 0 Å². The van der Waals surface area contributed by atoms with Crippen LogP contribution in [0.25, 0.3) is 0 Å². The van der Waals surface area contributed by atoms with Crippen molar-refractivity contribution in [1.82, 2.24) is 0 Å². The summed E-state index contributed by atoms with van der Waals surface area (Å²) in [4.78, 5) is 11.9. The van der Waals surface area contributed by atoms with E-state index in [0.29, 0.717) is 11.7 Å². The number of thioether (sulfide) groups is 1. The van der Waals surface area contributed by atoms with E-state index in [0.717, 1.165) is 22.8 Å². The van der Waals surface area contributed by atoms with Gasteiger partial charge in [-0.05, 0) is 36.4 Å². The van der Waals surface area contributed by atoms with Gasteiger partial charge in [0, 0.05) is 23.0 Å². The lowest BCUT2D eigenvalue weighted by Gasteiger charge is -2.06. The maximum absolute atomic E-state index is 11.9. The standard InChI is InChI=1S/C16H14O2S/c17-16(10-15-11-19-15)12-6-8-14(9-7-12)18-13-4-2-1-3-5-13/h1-9,15H,10-11H2. The summed E-state index contributed by atoms with van der Waals surface area (Å²) in [5.74, 6) is 2.90. The molecule has 1 heterocycles.